The maximum atomic E-state index is 14.3. The molecule has 226 valence electrons. The zero-order valence-electron chi connectivity index (χ0n) is 24.7. The average Bonchev–Trinajstić information content (AvgIpc) is 2.97. The van der Waals surface area contributed by atoms with Crippen LogP contribution in [0.5, 0.6) is 0 Å². The first-order valence-electron chi connectivity index (χ1n) is 16.0. The molecule has 6 rings (SSSR count). The number of hydrogen-bond donors (Lipinski definition) is 2. The zero-order chi connectivity index (χ0) is 29.2. The molecule has 4 fully saturated rings. The molecular formula is C33H44N4O5. The lowest BCUT2D eigenvalue weighted by Crippen LogP contribution is -2.45. The van der Waals surface area contributed by atoms with Gasteiger partial charge in [0.1, 0.15) is 5.71 Å². The van der Waals surface area contributed by atoms with E-state index in [0.717, 1.165) is 42.0 Å². The van der Waals surface area contributed by atoms with E-state index in [1.165, 1.54) is 57.8 Å². The number of carbonyl (C=O) groups is 2. The molecule has 0 radical (unpaired) electrons. The minimum Gasteiger partial charge on any atom is -0.479 e. The predicted molar refractivity (Wildman–Crippen MR) is 160 cm³/mol. The second-order valence-corrected chi connectivity index (χ2v) is 13.3. The summed E-state index contributed by atoms with van der Waals surface area (Å²) in [5, 5.41) is 15.7. The first-order chi connectivity index (χ1) is 20.4. The summed E-state index contributed by atoms with van der Waals surface area (Å²) in [4.78, 5) is 47.2. The molecule has 0 saturated heterocycles. The molecule has 2 N–H and O–H groups in total. The van der Waals surface area contributed by atoms with Gasteiger partial charge in [-0.1, -0.05) is 55.8 Å². The van der Waals surface area contributed by atoms with E-state index >= 15 is 0 Å². The summed E-state index contributed by atoms with van der Waals surface area (Å²) in [6, 6.07) is 7.79. The Bertz CT molecular complexity index is 1380. The molecule has 3 unspecified atom stereocenters. The number of oxime groups is 1. The largest absolute Gasteiger partial charge is 0.479 e. The van der Waals surface area contributed by atoms with Crippen molar-refractivity contribution in [2.24, 2.45) is 40.7 Å². The number of benzene rings is 1. The van der Waals surface area contributed by atoms with Crippen LogP contribution in [0.4, 0.5) is 0 Å². The molecule has 2 aromatic rings. The highest BCUT2D eigenvalue weighted by Crippen LogP contribution is 2.56. The molecule has 4 aliphatic rings. The maximum Gasteiger partial charge on any atom is 0.344 e. The monoisotopic (exact) mass is 576 g/mol. The number of rotatable bonds is 9. The lowest BCUT2D eigenvalue weighted by molar-refractivity contribution is -0.142. The van der Waals surface area contributed by atoms with Crippen molar-refractivity contribution in [1.29, 1.82) is 0 Å². The number of hydrogen-bond acceptors (Lipinski definition) is 6. The molecule has 1 heterocycles. The number of para-hydroxylation sites is 2. The number of nitrogens with zero attached hydrogens (tertiary/aromatic N) is 3. The lowest BCUT2D eigenvalue weighted by atomic mass is 9.54. The zero-order valence-corrected chi connectivity index (χ0v) is 24.7. The van der Waals surface area contributed by atoms with Gasteiger partial charge in [0.25, 0.3) is 5.56 Å². The highest BCUT2D eigenvalue weighted by atomic mass is 16.6. The van der Waals surface area contributed by atoms with E-state index in [9.17, 15) is 14.4 Å². The van der Waals surface area contributed by atoms with Gasteiger partial charge in [0.2, 0.25) is 12.5 Å². The molecule has 1 aromatic carbocycles. The van der Waals surface area contributed by atoms with Crippen molar-refractivity contribution in [2.45, 2.75) is 89.5 Å². The quantitative estimate of drug-likeness (QED) is 0.308. The van der Waals surface area contributed by atoms with E-state index in [2.05, 4.69) is 10.5 Å². The Kier molecular flexibility index (Phi) is 8.63. The van der Waals surface area contributed by atoms with Crippen molar-refractivity contribution in [1.82, 2.24) is 14.9 Å². The Morgan fingerprint density at radius 3 is 2.36 bits per heavy atom. The summed E-state index contributed by atoms with van der Waals surface area (Å²) in [5.41, 5.74) is 1.60. The van der Waals surface area contributed by atoms with E-state index in [1.54, 1.807) is 7.05 Å². The van der Waals surface area contributed by atoms with Crippen molar-refractivity contribution in [2.75, 3.05) is 13.7 Å². The minimum absolute atomic E-state index is 0.0684. The van der Waals surface area contributed by atoms with Gasteiger partial charge in [0.05, 0.1) is 11.0 Å². The highest BCUT2D eigenvalue weighted by Gasteiger charge is 2.47. The van der Waals surface area contributed by atoms with Gasteiger partial charge in [-0.3, -0.25) is 9.59 Å². The van der Waals surface area contributed by atoms with Crippen LogP contribution in [0.1, 0.15) is 95.2 Å². The molecule has 9 nitrogen and oxygen atoms in total. The van der Waals surface area contributed by atoms with Crippen LogP contribution < -0.4 is 10.9 Å². The molecular weight excluding hydrogens is 532 g/mol. The standard InChI is InChI=1S/C33H44N4O5/c1-34-29(38)13-12-27(36-42-19-30(39)40)32-33(41)37(28-11-3-2-10-26(28)35-32)25-17-22-8-5-9-23(18-25)31(22)24-15-20-6-4-7-21(14-20)16-24/h2-3,10-11,20-25,31H,4-9,12-19H2,1H3,(H,34,38)(H,39,40)/t20-,21+,22-,23+,24?,25?,31?. The van der Waals surface area contributed by atoms with Gasteiger partial charge in [0, 0.05) is 25.9 Å². The van der Waals surface area contributed by atoms with Crippen LogP contribution in [-0.4, -0.2) is 45.9 Å². The number of aliphatic carboxylic acids is 1. The van der Waals surface area contributed by atoms with Crippen LogP contribution in [0.3, 0.4) is 0 Å². The smallest absolute Gasteiger partial charge is 0.344 e. The molecule has 0 spiro atoms. The number of aromatic nitrogens is 2. The number of carboxylic acids is 1. The molecule has 42 heavy (non-hydrogen) atoms. The molecule has 4 aliphatic carbocycles. The Hall–Kier alpha value is -3.23. The van der Waals surface area contributed by atoms with E-state index in [4.69, 9.17) is 14.9 Å². The number of carboxylic acid groups (broad SMARTS) is 1. The fourth-order valence-electron chi connectivity index (χ4n) is 9.27. The van der Waals surface area contributed by atoms with Gasteiger partial charge in [0.15, 0.2) is 5.69 Å². The van der Waals surface area contributed by atoms with Crippen LogP contribution in [-0.2, 0) is 14.4 Å². The van der Waals surface area contributed by atoms with E-state index in [-0.39, 0.29) is 41.8 Å². The van der Waals surface area contributed by atoms with Crippen LogP contribution in [0.15, 0.2) is 34.2 Å². The minimum atomic E-state index is -1.17. The van der Waals surface area contributed by atoms with Crippen molar-refractivity contribution in [3.63, 3.8) is 0 Å². The van der Waals surface area contributed by atoms with Gasteiger partial charge < -0.3 is 19.8 Å². The summed E-state index contributed by atoms with van der Waals surface area (Å²) in [6.07, 6.45) is 14.5. The lowest BCUT2D eigenvalue weighted by Gasteiger charge is -2.52. The molecule has 1 aromatic heterocycles. The third-order valence-corrected chi connectivity index (χ3v) is 10.8. The second kappa shape index (κ2) is 12.6. The van der Waals surface area contributed by atoms with Crippen molar-refractivity contribution >= 4 is 28.6 Å². The number of fused-ring (bicyclic) bond motifs is 5. The third kappa shape index (κ3) is 5.97. The van der Waals surface area contributed by atoms with Gasteiger partial charge in [-0.05, 0) is 79.7 Å². The summed E-state index contributed by atoms with van der Waals surface area (Å²) in [6.45, 7) is -0.637. The average molecular weight is 577 g/mol. The summed E-state index contributed by atoms with van der Waals surface area (Å²) < 4.78 is 1.95. The van der Waals surface area contributed by atoms with Gasteiger partial charge >= 0.3 is 5.97 Å². The van der Waals surface area contributed by atoms with Crippen LogP contribution in [0, 0.1) is 35.5 Å². The molecule has 4 bridgehead atoms. The number of amides is 1. The molecule has 9 heteroatoms. The maximum absolute atomic E-state index is 14.3. The summed E-state index contributed by atoms with van der Waals surface area (Å²) in [5.74, 6) is 3.34. The van der Waals surface area contributed by atoms with E-state index < -0.39 is 12.6 Å². The topological polar surface area (TPSA) is 123 Å². The normalized spacial score (nSPS) is 31.0. The van der Waals surface area contributed by atoms with Crippen LogP contribution >= 0.6 is 0 Å². The van der Waals surface area contributed by atoms with Crippen LogP contribution in [0.2, 0.25) is 0 Å². The SMILES string of the molecule is CNC(=O)CCC(=NOCC(=O)O)c1nc2ccccc2n(C2C[C@H]3CCC[C@@H](C2)C3C2C[C@H]3CCC[C@@H](C2)C3)c1=O. The van der Waals surface area contributed by atoms with E-state index in [0.29, 0.717) is 17.4 Å². The van der Waals surface area contributed by atoms with Crippen molar-refractivity contribution in [3.05, 3.63) is 40.3 Å². The first-order valence-corrected chi connectivity index (χ1v) is 16.0. The molecule has 7 atom stereocenters. The Morgan fingerprint density at radius 1 is 0.976 bits per heavy atom. The molecule has 0 aliphatic heterocycles. The second-order valence-electron chi connectivity index (χ2n) is 13.3. The third-order valence-electron chi connectivity index (χ3n) is 10.8. The fourth-order valence-corrected chi connectivity index (χ4v) is 9.27. The first kappa shape index (κ1) is 28.9. The summed E-state index contributed by atoms with van der Waals surface area (Å²) >= 11 is 0. The van der Waals surface area contributed by atoms with E-state index in [1.807, 2.05) is 28.8 Å². The number of nitrogens with one attached hydrogen (secondary N) is 1. The Morgan fingerprint density at radius 2 is 1.67 bits per heavy atom. The van der Waals surface area contributed by atoms with Crippen molar-refractivity contribution in [3.8, 4) is 0 Å². The Labute approximate surface area is 247 Å². The van der Waals surface area contributed by atoms with Gasteiger partial charge in [-0.2, -0.15) is 0 Å². The molecule has 4 saturated carbocycles. The molecule has 1 amide bonds. The highest BCUT2D eigenvalue weighted by molar-refractivity contribution is 6.01. The van der Waals surface area contributed by atoms with Gasteiger partial charge in [-0.25, -0.2) is 9.78 Å². The predicted octanol–water partition coefficient (Wildman–Crippen LogP) is 5.31. The number of carbonyl (C=O) groups excluding carboxylic acids is 1. The van der Waals surface area contributed by atoms with Crippen LogP contribution in [0.25, 0.3) is 11.0 Å². The van der Waals surface area contributed by atoms with Gasteiger partial charge in [-0.15, -0.1) is 0 Å². The van der Waals surface area contributed by atoms with Crippen molar-refractivity contribution < 1.29 is 19.5 Å². The Balaban J connectivity index is 1.34. The fraction of sp³-hybridized carbons (Fsp3) is 0.667. The summed E-state index contributed by atoms with van der Waals surface area (Å²) in [7, 11) is 1.55.